The largest absolute Gasteiger partial charge is 0.415 e. The molecule has 0 aliphatic carbocycles. The first-order chi connectivity index (χ1) is 4.48. The molecule has 1 nitrogen and oxygen atoms in total. The second-order valence-corrected chi connectivity index (χ2v) is 7.78. The maximum atomic E-state index is 5.78. The fourth-order valence-electron chi connectivity index (χ4n) is 1.12. The summed E-state index contributed by atoms with van der Waals surface area (Å²) < 4.78 is 5.78. The van der Waals surface area contributed by atoms with Crippen LogP contribution in [0.15, 0.2) is 0 Å². The van der Waals surface area contributed by atoms with Crippen molar-refractivity contribution in [3.63, 3.8) is 0 Å². The fraction of sp³-hybridized carbons (Fsp3) is 0.875. The molecule has 0 atom stereocenters. The van der Waals surface area contributed by atoms with Gasteiger partial charge in [0.05, 0.1) is 0 Å². The van der Waals surface area contributed by atoms with E-state index in [-0.39, 0.29) is 0 Å². The van der Waals surface area contributed by atoms with E-state index in [0.717, 1.165) is 6.42 Å². The van der Waals surface area contributed by atoms with Gasteiger partial charge in [0, 0.05) is 6.10 Å². The van der Waals surface area contributed by atoms with Gasteiger partial charge in [-0.3, -0.25) is 0 Å². The molecule has 0 rings (SSSR count). The lowest BCUT2D eigenvalue weighted by molar-refractivity contribution is 0.231. The van der Waals surface area contributed by atoms with Crippen molar-refractivity contribution < 1.29 is 4.43 Å². The molecule has 0 saturated carbocycles. The fourth-order valence-corrected chi connectivity index (χ4v) is 3.37. The number of rotatable bonds is 4. The molecule has 0 aliphatic heterocycles. The Balaban J connectivity index is 3.63. The Bertz CT molecular complexity index is 89.3. The summed E-state index contributed by atoms with van der Waals surface area (Å²) in [6.07, 6.45) is 1.39. The molecular weight excluding hydrogens is 140 g/mol. The van der Waals surface area contributed by atoms with Crippen molar-refractivity contribution in [2.45, 2.75) is 45.5 Å². The van der Waals surface area contributed by atoms with Crippen LogP contribution in [0, 0.1) is 6.92 Å². The van der Waals surface area contributed by atoms with Crippen LogP contribution in [0.4, 0.5) is 0 Å². The van der Waals surface area contributed by atoms with Crippen LogP contribution in [0.1, 0.15) is 20.3 Å². The molecule has 0 aromatic rings. The van der Waals surface area contributed by atoms with Crippen molar-refractivity contribution in [1.29, 1.82) is 0 Å². The Labute approximate surface area is 65.9 Å². The van der Waals surface area contributed by atoms with Gasteiger partial charge in [0.1, 0.15) is 0 Å². The van der Waals surface area contributed by atoms with Crippen LogP contribution < -0.4 is 0 Å². The quantitative estimate of drug-likeness (QED) is 0.573. The molecular formula is C8H19OSi. The Morgan fingerprint density at radius 1 is 1.40 bits per heavy atom. The van der Waals surface area contributed by atoms with Gasteiger partial charge in [0.25, 0.3) is 0 Å². The van der Waals surface area contributed by atoms with Gasteiger partial charge in [-0.1, -0.05) is 13.3 Å². The molecule has 0 fully saturated rings. The summed E-state index contributed by atoms with van der Waals surface area (Å²) in [5.41, 5.74) is 0. The number of hydrogen-bond acceptors (Lipinski definition) is 1. The molecule has 2 heteroatoms. The van der Waals surface area contributed by atoms with Crippen LogP contribution in [-0.2, 0) is 4.43 Å². The van der Waals surface area contributed by atoms with Crippen LogP contribution in [-0.4, -0.2) is 14.4 Å². The van der Waals surface area contributed by atoms with E-state index in [4.69, 9.17) is 4.43 Å². The monoisotopic (exact) mass is 159 g/mol. The summed E-state index contributed by atoms with van der Waals surface area (Å²) in [7, 11) is -1.33. The minimum Gasteiger partial charge on any atom is -0.415 e. The summed E-state index contributed by atoms with van der Waals surface area (Å²) in [4.78, 5) is 0. The average molecular weight is 159 g/mol. The zero-order valence-corrected chi connectivity index (χ0v) is 8.61. The van der Waals surface area contributed by atoms with Crippen LogP contribution in [0.2, 0.25) is 19.1 Å². The molecule has 0 unspecified atom stereocenters. The minimum atomic E-state index is -1.33. The van der Waals surface area contributed by atoms with E-state index in [1.807, 2.05) is 0 Å². The first-order valence-electron chi connectivity index (χ1n) is 3.95. The van der Waals surface area contributed by atoms with E-state index in [0.29, 0.717) is 6.10 Å². The van der Waals surface area contributed by atoms with Crippen molar-refractivity contribution >= 4 is 8.32 Å². The zero-order valence-electron chi connectivity index (χ0n) is 7.61. The summed E-state index contributed by atoms with van der Waals surface area (Å²) in [5.74, 6) is 0. The van der Waals surface area contributed by atoms with Crippen LogP contribution >= 0.6 is 0 Å². The third kappa shape index (κ3) is 5.00. The third-order valence-corrected chi connectivity index (χ3v) is 4.00. The maximum Gasteiger partial charge on any atom is 0.187 e. The molecule has 0 amide bonds. The molecule has 0 heterocycles. The predicted molar refractivity (Wildman–Crippen MR) is 48.5 cm³/mol. The third-order valence-electron chi connectivity index (χ3n) is 1.33. The lowest BCUT2D eigenvalue weighted by Gasteiger charge is -2.24. The van der Waals surface area contributed by atoms with Gasteiger partial charge in [0.15, 0.2) is 8.32 Å². The van der Waals surface area contributed by atoms with Crippen molar-refractivity contribution in [3.05, 3.63) is 6.92 Å². The highest BCUT2D eigenvalue weighted by Gasteiger charge is 2.21. The Morgan fingerprint density at radius 3 is 2.20 bits per heavy atom. The molecule has 10 heavy (non-hydrogen) atoms. The summed E-state index contributed by atoms with van der Waals surface area (Å²) >= 11 is 0. The average Bonchev–Trinajstić information content (AvgIpc) is 1.59. The Morgan fingerprint density at radius 2 is 1.90 bits per heavy atom. The van der Waals surface area contributed by atoms with Gasteiger partial charge in [0.2, 0.25) is 0 Å². The molecule has 0 bridgehead atoms. The first-order valence-corrected chi connectivity index (χ1v) is 7.06. The maximum absolute atomic E-state index is 5.78. The van der Waals surface area contributed by atoms with Crippen molar-refractivity contribution in [2.75, 3.05) is 0 Å². The SMILES string of the molecule is [CH2]CC[Si](C)(C)OC(C)C. The van der Waals surface area contributed by atoms with Gasteiger partial charge in [-0.05, 0) is 33.0 Å². The molecule has 0 N–H and O–H groups in total. The van der Waals surface area contributed by atoms with E-state index in [1.165, 1.54) is 6.04 Å². The minimum absolute atomic E-state index is 0.383. The van der Waals surface area contributed by atoms with Gasteiger partial charge < -0.3 is 4.43 Å². The highest BCUT2D eigenvalue weighted by atomic mass is 28.4. The zero-order chi connectivity index (χ0) is 8.20. The Hall–Kier alpha value is 0.177. The molecule has 61 valence electrons. The van der Waals surface area contributed by atoms with Crippen molar-refractivity contribution in [1.82, 2.24) is 0 Å². The standard InChI is InChI=1S/C8H19OSi/c1-6-7-10(4,5)9-8(2)3/h8H,1,6-7H2,2-5H3. The van der Waals surface area contributed by atoms with E-state index in [2.05, 4.69) is 33.9 Å². The lowest BCUT2D eigenvalue weighted by atomic mass is 10.5. The number of hydrogen-bond donors (Lipinski definition) is 0. The molecule has 0 saturated heterocycles. The molecule has 0 aromatic carbocycles. The summed E-state index contributed by atoms with van der Waals surface area (Å²) in [5, 5.41) is 0. The van der Waals surface area contributed by atoms with Crippen LogP contribution in [0.25, 0.3) is 0 Å². The van der Waals surface area contributed by atoms with Gasteiger partial charge in [-0.2, -0.15) is 0 Å². The highest BCUT2D eigenvalue weighted by Crippen LogP contribution is 2.14. The lowest BCUT2D eigenvalue weighted by Crippen LogP contribution is -2.32. The topological polar surface area (TPSA) is 9.23 Å². The normalized spacial score (nSPS) is 12.6. The van der Waals surface area contributed by atoms with Crippen LogP contribution in [0.5, 0.6) is 0 Å². The molecule has 0 aromatic heterocycles. The summed E-state index contributed by atoms with van der Waals surface area (Å²) in [6, 6.07) is 1.17. The van der Waals surface area contributed by atoms with Crippen molar-refractivity contribution in [2.24, 2.45) is 0 Å². The van der Waals surface area contributed by atoms with Gasteiger partial charge in [-0.25, -0.2) is 0 Å². The molecule has 0 aliphatic rings. The van der Waals surface area contributed by atoms with E-state index >= 15 is 0 Å². The highest BCUT2D eigenvalue weighted by molar-refractivity contribution is 6.71. The Kier molecular flexibility index (Phi) is 4.21. The van der Waals surface area contributed by atoms with Crippen LogP contribution in [0.3, 0.4) is 0 Å². The second kappa shape index (κ2) is 4.14. The van der Waals surface area contributed by atoms with Gasteiger partial charge >= 0.3 is 0 Å². The van der Waals surface area contributed by atoms with E-state index in [9.17, 15) is 0 Å². The van der Waals surface area contributed by atoms with E-state index in [1.54, 1.807) is 0 Å². The smallest absolute Gasteiger partial charge is 0.187 e. The van der Waals surface area contributed by atoms with E-state index < -0.39 is 8.32 Å². The summed E-state index contributed by atoms with van der Waals surface area (Å²) in [6.45, 7) is 12.5. The first kappa shape index (κ1) is 10.2. The predicted octanol–water partition coefficient (Wildman–Crippen LogP) is 2.84. The van der Waals surface area contributed by atoms with Gasteiger partial charge in [-0.15, -0.1) is 0 Å². The molecule has 0 spiro atoms. The second-order valence-electron chi connectivity index (χ2n) is 3.53. The molecule has 1 radical (unpaired) electrons. The van der Waals surface area contributed by atoms with Crippen molar-refractivity contribution in [3.8, 4) is 0 Å².